The molecule has 1 aliphatic carbocycles. The van der Waals surface area contributed by atoms with Crippen molar-refractivity contribution in [3.8, 4) is 0 Å². The largest absolute Gasteiger partial charge is 0.414 e. The Bertz CT molecular complexity index is 205. The minimum atomic E-state index is -1.51. The SMILES string of the molecule is CCC1CCC(O[Si](C)(C)C(C)(C)C)C1. The van der Waals surface area contributed by atoms with Crippen LogP contribution in [0.25, 0.3) is 0 Å². The van der Waals surface area contributed by atoms with Crippen LogP contribution in [0.4, 0.5) is 0 Å². The molecule has 0 spiro atoms. The molecule has 15 heavy (non-hydrogen) atoms. The molecule has 0 radical (unpaired) electrons. The van der Waals surface area contributed by atoms with Crippen molar-refractivity contribution in [2.45, 2.75) is 77.6 Å². The van der Waals surface area contributed by atoms with Crippen LogP contribution in [0, 0.1) is 5.92 Å². The van der Waals surface area contributed by atoms with Crippen molar-refractivity contribution in [1.29, 1.82) is 0 Å². The Balaban J connectivity index is 2.49. The first-order chi connectivity index (χ1) is 6.76. The Morgan fingerprint density at radius 1 is 1.20 bits per heavy atom. The van der Waals surface area contributed by atoms with E-state index in [9.17, 15) is 0 Å². The van der Waals surface area contributed by atoms with E-state index >= 15 is 0 Å². The number of hydrogen-bond donors (Lipinski definition) is 0. The van der Waals surface area contributed by atoms with Crippen LogP contribution < -0.4 is 0 Å². The number of hydrogen-bond acceptors (Lipinski definition) is 1. The van der Waals surface area contributed by atoms with Crippen molar-refractivity contribution in [2.24, 2.45) is 5.92 Å². The predicted molar refractivity (Wildman–Crippen MR) is 69.7 cm³/mol. The first-order valence-corrected chi connectivity index (χ1v) is 9.35. The van der Waals surface area contributed by atoms with Crippen molar-refractivity contribution in [3.63, 3.8) is 0 Å². The summed E-state index contributed by atoms with van der Waals surface area (Å²) >= 11 is 0. The van der Waals surface area contributed by atoms with Gasteiger partial charge in [0.2, 0.25) is 0 Å². The minimum Gasteiger partial charge on any atom is -0.414 e. The fourth-order valence-electron chi connectivity index (χ4n) is 2.10. The molecule has 1 saturated carbocycles. The molecule has 1 nitrogen and oxygen atoms in total. The first kappa shape index (κ1) is 13.2. The second-order valence-corrected chi connectivity index (χ2v) is 11.3. The Morgan fingerprint density at radius 3 is 2.20 bits per heavy atom. The van der Waals surface area contributed by atoms with E-state index in [-0.39, 0.29) is 0 Å². The fourth-order valence-corrected chi connectivity index (χ4v) is 3.50. The van der Waals surface area contributed by atoms with E-state index in [2.05, 4.69) is 40.8 Å². The smallest absolute Gasteiger partial charge is 0.192 e. The zero-order valence-electron chi connectivity index (χ0n) is 11.4. The quantitative estimate of drug-likeness (QED) is 0.642. The maximum Gasteiger partial charge on any atom is 0.192 e. The molecule has 0 aromatic heterocycles. The molecule has 1 rings (SSSR count). The van der Waals surface area contributed by atoms with Crippen molar-refractivity contribution >= 4 is 8.32 Å². The molecule has 0 saturated heterocycles. The topological polar surface area (TPSA) is 9.23 Å². The first-order valence-electron chi connectivity index (χ1n) is 6.44. The Labute approximate surface area is 96.7 Å². The molecule has 0 amide bonds. The van der Waals surface area contributed by atoms with E-state index in [1.165, 1.54) is 25.7 Å². The maximum absolute atomic E-state index is 6.43. The van der Waals surface area contributed by atoms with Crippen LogP contribution in [0.15, 0.2) is 0 Å². The van der Waals surface area contributed by atoms with E-state index in [1.807, 2.05) is 0 Å². The second-order valence-electron chi connectivity index (χ2n) is 6.59. The van der Waals surface area contributed by atoms with Crippen LogP contribution >= 0.6 is 0 Å². The summed E-state index contributed by atoms with van der Waals surface area (Å²) in [7, 11) is -1.51. The van der Waals surface area contributed by atoms with E-state index < -0.39 is 8.32 Å². The van der Waals surface area contributed by atoms with Gasteiger partial charge in [-0.2, -0.15) is 0 Å². The lowest BCUT2D eigenvalue weighted by atomic mass is 10.1. The average Bonchev–Trinajstić information content (AvgIpc) is 2.49. The molecule has 1 aliphatic rings. The van der Waals surface area contributed by atoms with E-state index in [4.69, 9.17) is 4.43 Å². The van der Waals surface area contributed by atoms with Crippen molar-refractivity contribution < 1.29 is 4.43 Å². The van der Waals surface area contributed by atoms with E-state index in [0.29, 0.717) is 11.1 Å². The van der Waals surface area contributed by atoms with Gasteiger partial charge in [-0.25, -0.2) is 0 Å². The lowest BCUT2D eigenvalue weighted by Gasteiger charge is -2.38. The molecule has 0 heterocycles. The summed E-state index contributed by atoms with van der Waals surface area (Å²) < 4.78 is 6.43. The summed E-state index contributed by atoms with van der Waals surface area (Å²) in [6.07, 6.45) is 5.89. The predicted octanol–water partition coefficient (Wildman–Crippen LogP) is 4.59. The Kier molecular flexibility index (Phi) is 4.05. The van der Waals surface area contributed by atoms with Crippen molar-refractivity contribution in [2.75, 3.05) is 0 Å². The fraction of sp³-hybridized carbons (Fsp3) is 1.00. The van der Waals surface area contributed by atoms with E-state index in [1.54, 1.807) is 0 Å². The Morgan fingerprint density at radius 2 is 1.80 bits per heavy atom. The van der Waals surface area contributed by atoms with Gasteiger partial charge in [0, 0.05) is 6.10 Å². The molecule has 2 unspecified atom stereocenters. The molecule has 0 N–H and O–H groups in total. The van der Waals surface area contributed by atoms with Gasteiger partial charge in [0.15, 0.2) is 8.32 Å². The molecule has 0 bridgehead atoms. The summed E-state index contributed by atoms with van der Waals surface area (Å²) in [5.74, 6) is 0.930. The number of rotatable bonds is 3. The molecule has 2 atom stereocenters. The second kappa shape index (κ2) is 4.58. The monoisotopic (exact) mass is 228 g/mol. The summed E-state index contributed by atoms with van der Waals surface area (Å²) in [4.78, 5) is 0. The molecule has 2 heteroatoms. The summed E-state index contributed by atoms with van der Waals surface area (Å²) in [5.41, 5.74) is 0. The zero-order valence-corrected chi connectivity index (χ0v) is 12.4. The van der Waals surface area contributed by atoms with Crippen LogP contribution in [0.2, 0.25) is 18.1 Å². The minimum absolute atomic E-state index is 0.358. The highest BCUT2D eigenvalue weighted by atomic mass is 28.4. The molecule has 90 valence electrons. The third kappa shape index (κ3) is 3.32. The Hall–Kier alpha value is 0.177. The highest BCUT2D eigenvalue weighted by Crippen LogP contribution is 2.40. The highest BCUT2D eigenvalue weighted by Gasteiger charge is 2.40. The maximum atomic E-state index is 6.43. The van der Waals surface area contributed by atoms with Gasteiger partial charge in [0.25, 0.3) is 0 Å². The lowest BCUT2D eigenvalue weighted by molar-refractivity contribution is 0.182. The molecule has 0 aromatic rings. The van der Waals surface area contributed by atoms with Crippen LogP contribution in [-0.4, -0.2) is 14.4 Å². The van der Waals surface area contributed by atoms with Gasteiger partial charge < -0.3 is 4.43 Å². The van der Waals surface area contributed by atoms with Gasteiger partial charge >= 0.3 is 0 Å². The van der Waals surface area contributed by atoms with Crippen molar-refractivity contribution in [1.82, 2.24) is 0 Å². The van der Waals surface area contributed by atoms with Crippen molar-refractivity contribution in [3.05, 3.63) is 0 Å². The van der Waals surface area contributed by atoms with Crippen LogP contribution in [0.1, 0.15) is 53.4 Å². The molecule has 0 aliphatic heterocycles. The molecule has 1 fully saturated rings. The van der Waals surface area contributed by atoms with Crippen LogP contribution in [0.3, 0.4) is 0 Å². The van der Waals surface area contributed by atoms with E-state index in [0.717, 1.165) is 5.92 Å². The molecular weight excluding hydrogens is 200 g/mol. The lowest BCUT2D eigenvalue weighted by Crippen LogP contribution is -2.43. The normalized spacial score (nSPS) is 28.4. The van der Waals surface area contributed by atoms with Gasteiger partial charge in [-0.3, -0.25) is 0 Å². The molecular formula is C13H28OSi. The average molecular weight is 228 g/mol. The summed E-state index contributed by atoms with van der Waals surface area (Å²) in [6.45, 7) is 14.0. The molecule has 0 aromatic carbocycles. The van der Waals surface area contributed by atoms with Gasteiger partial charge in [-0.1, -0.05) is 34.1 Å². The standard InChI is InChI=1S/C13H28OSi/c1-7-11-8-9-12(10-11)14-15(5,6)13(2,3)4/h11-12H,7-10H2,1-6H3. The zero-order chi connectivity index (χ0) is 11.7. The van der Waals surface area contributed by atoms with Crippen LogP contribution in [0.5, 0.6) is 0 Å². The van der Waals surface area contributed by atoms with Gasteiger partial charge in [-0.05, 0) is 43.3 Å². The summed E-state index contributed by atoms with van der Waals surface area (Å²) in [5, 5.41) is 0.358. The van der Waals surface area contributed by atoms with Gasteiger partial charge in [0.05, 0.1) is 0 Å². The third-order valence-corrected chi connectivity index (χ3v) is 8.87. The van der Waals surface area contributed by atoms with Gasteiger partial charge in [0.1, 0.15) is 0 Å². The third-order valence-electron chi connectivity index (χ3n) is 4.34. The van der Waals surface area contributed by atoms with Gasteiger partial charge in [-0.15, -0.1) is 0 Å². The highest BCUT2D eigenvalue weighted by molar-refractivity contribution is 6.74. The summed E-state index contributed by atoms with van der Waals surface area (Å²) in [6, 6.07) is 0. The van der Waals surface area contributed by atoms with Crippen LogP contribution in [-0.2, 0) is 4.43 Å².